The molecule has 4 aliphatic rings. The van der Waals surface area contributed by atoms with Gasteiger partial charge in [0.25, 0.3) is 0 Å². The Bertz CT molecular complexity index is 572. The summed E-state index contributed by atoms with van der Waals surface area (Å²) < 4.78 is 65.5. The zero-order valence-corrected chi connectivity index (χ0v) is 17.2. The molecule has 4 aliphatic carbocycles. The van der Waals surface area contributed by atoms with Crippen molar-refractivity contribution in [3.05, 3.63) is 0 Å². The molecule has 0 bridgehead atoms. The Hall–Kier alpha value is -0.350. The first-order valence-electron chi connectivity index (χ1n) is 11.4. The smallest absolute Gasteiger partial charge is 0.211 e. The van der Waals surface area contributed by atoms with Crippen molar-refractivity contribution in [3.63, 3.8) is 0 Å². The summed E-state index contributed by atoms with van der Waals surface area (Å²) in [4.78, 5) is 0. The molecule has 7 unspecified atom stereocenters. The van der Waals surface area contributed by atoms with Gasteiger partial charge in [-0.15, -0.1) is 0 Å². The van der Waals surface area contributed by atoms with Crippen molar-refractivity contribution in [2.24, 2.45) is 46.3 Å². The Kier molecular flexibility index (Phi) is 5.31. The maximum Gasteiger partial charge on any atom is 0.391 e. The summed E-state index contributed by atoms with van der Waals surface area (Å²) >= 11 is 0. The van der Waals surface area contributed by atoms with Crippen LogP contribution >= 0.6 is 0 Å². The summed E-state index contributed by atoms with van der Waals surface area (Å²) in [5, 5.41) is 0. The second-order valence-corrected chi connectivity index (χ2v) is 11.0. The first-order chi connectivity index (χ1) is 13.1. The molecular weight excluding hydrogens is 371 g/mol. The van der Waals surface area contributed by atoms with Gasteiger partial charge < -0.3 is 0 Å². The summed E-state index contributed by atoms with van der Waals surface area (Å²) in [7, 11) is 0. The van der Waals surface area contributed by atoms with E-state index in [0.717, 1.165) is 38.5 Å². The largest absolute Gasteiger partial charge is 0.391 e. The van der Waals surface area contributed by atoms with Gasteiger partial charge in [-0.3, -0.25) is 0 Å². The van der Waals surface area contributed by atoms with E-state index in [0.29, 0.717) is 49.4 Å². The molecule has 0 aromatic heterocycles. The Morgan fingerprint density at radius 1 is 0.857 bits per heavy atom. The van der Waals surface area contributed by atoms with Gasteiger partial charge in [-0.1, -0.05) is 13.8 Å². The predicted molar refractivity (Wildman–Crippen MR) is 100 cm³/mol. The van der Waals surface area contributed by atoms with E-state index in [1.54, 1.807) is 0 Å². The third-order valence-electron chi connectivity index (χ3n) is 10.1. The van der Waals surface area contributed by atoms with E-state index in [2.05, 4.69) is 13.8 Å². The Morgan fingerprint density at radius 2 is 1.54 bits per heavy atom. The molecular formula is C23H35F5. The molecule has 0 aliphatic heterocycles. The minimum Gasteiger partial charge on any atom is -0.211 e. The van der Waals surface area contributed by atoms with Crippen LogP contribution in [0.25, 0.3) is 0 Å². The standard InChI is InChI=1S/C23H35F5/c1-21-12-10-19-17(18(21)7-4-14(21)5-8-20(24)25)6-3-15-13-16(23(26,27)28)9-11-22(15,19)2/h14-20H,3-13H2,1-2H3/t14?,15?,16?,17?,18?,19?,21?,22-/m0/s1. The molecule has 0 spiro atoms. The number of hydrogen-bond donors (Lipinski definition) is 0. The SMILES string of the molecule is CC12CCC3C(CCC4CC(C(F)(F)F)CC[C@@]43C)C1CCC2CCC(F)F. The lowest BCUT2D eigenvalue weighted by atomic mass is 9.44. The highest BCUT2D eigenvalue weighted by atomic mass is 19.4. The van der Waals surface area contributed by atoms with Crippen molar-refractivity contribution in [1.29, 1.82) is 0 Å². The fourth-order valence-corrected chi connectivity index (χ4v) is 8.47. The first-order valence-corrected chi connectivity index (χ1v) is 11.4. The van der Waals surface area contributed by atoms with Gasteiger partial charge in [0.15, 0.2) is 0 Å². The van der Waals surface area contributed by atoms with E-state index in [9.17, 15) is 22.0 Å². The molecule has 0 N–H and O–H groups in total. The van der Waals surface area contributed by atoms with Gasteiger partial charge in [0.05, 0.1) is 5.92 Å². The molecule has 0 amide bonds. The first kappa shape index (κ1) is 20.9. The summed E-state index contributed by atoms with van der Waals surface area (Å²) in [6, 6.07) is 0. The summed E-state index contributed by atoms with van der Waals surface area (Å²) in [6.07, 6.45) is 2.06. The summed E-state index contributed by atoms with van der Waals surface area (Å²) in [6.45, 7) is 4.62. The molecule has 28 heavy (non-hydrogen) atoms. The second kappa shape index (κ2) is 7.11. The molecule has 4 fully saturated rings. The van der Waals surface area contributed by atoms with Crippen LogP contribution in [0.3, 0.4) is 0 Å². The van der Waals surface area contributed by atoms with E-state index in [1.165, 1.54) is 0 Å². The van der Waals surface area contributed by atoms with Gasteiger partial charge in [0.1, 0.15) is 0 Å². The van der Waals surface area contributed by atoms with Crippen molar-refractivity contribution < 1.29 is 22.0 Å². The quantitative estimate of drug-likeness (QED) is 0.418. The fourth-order valence-electron chi connectivity index (χ4n) is 8.47. The average molecular weight is 407 g/mol. The summed E-state index contributed by atoms with van der Waals surface area (Å²) in [5.41, 5.74) is 0.218. The van der Waals surface area contributed by atoms with Gasteiger partial charge in [0.2, 0.25) is 6.43 Å². The molecule has 5 heteroatoms. The van der Waals surface area contributed by atoms with Crippen molar-refractivity contribution in [2.75, 3.05) is 0 Å². The van der Waals surface area contributed by atoms with Crippen LogP contribution in [-0.2, 0) is 0 Å². The van der Waals surface area contributed by atoms with Gasteiger partial charge >= 0.3 is 6.18 Å². The molecule has 0 nitrogen and oxygen atoms in total. The van der Waals surface area contributed by atoms with Gasteiger partial charge in [-0.2, -0.15) is 13.2 Å². The van der Waals surface area contributed by atoms with E-state index in [4.69, 9.17) is 0 Å². The van der Waals surface area contributed by atoms with Crippen LogP contribution in [0.2, 0.25) is 0 Å². The third kappa shape index (κ3) is 3.31. The highest BCUT2D eigenvalue weighted by molar-refractivity contribution is 5.09. The molecule has 0 radical (unpaired) electrons. The van der Waals surface area contributed by atoms with Crippen molar-refractivity contribution in [3.8, 4) is 0 Å². The van der Waals surface area contributed by atoms with E-state index in [-0.39, 0.29) is 23.2 Å². The Labute approximate surface area is 166 Å². The summed E-state index contributed by atoms with van der Waals surface area (Å²) in [5.74, 6) is 1.22. The maximum atomic E-state index is 13.3. The molecule has 0 saturated heterocycles. The van der Waals surface area contributed by atoms with Crippen LogP contribution < -0.4 is 0 Å². The predicted octanol–water partition coefficient (Wildman–Crippen LogP) is 7.87. The van der Waals surface area contributed by atoms with E-state index >= 15 is 0 Å². The Morgan fingerprint density at radius 3 is 2.21 bits per heavy atom. The number of halogens is 5. The molecule has 0 aromatic carbocycles. The zero-order valence-electron chi connectivity index (χ0n) is 17.2. The van der Waals surface area contributed by atoms with E-state index in [1.807, 2.05) is 0 Å². The van der Waals surface area contributed by atoms with Gasteiger partial charge in [-0.25, -0.2) is 8.78 Å². The fraction of sp³-hybridized carbons (Fsp3) is 1.00. The van der Waals surface area contributed by atoms with Gasteiger partial charge in [-0.05, 0) is 105 Å². The lowest BCUT2D eigenvalue weighted by molar-refractivity contribution is -0.208. The van der Waals surface area contributed by atoms with Crippen LogP contribution in [0.4, 0.5) is 22.0 Å². The average Bonchev–Trinajstić information content (AvgIpc) is 2.94. The second-order valence-electron chi connectivity index (χ2n) is 11.0. The zero-order chi connectivity index (χ0) is 20.3. The lowest BCUT2D eigenvalue weighted by Crippen LogP contribution is -2.54. The minimum atomic E-state index is -4.05. The number of hydrogen-bond acceptors (Lipinski definition) is 0. The number of rotatable bonds is 3. The highest BCUT2D eigenvalue weighted by Crippen LogP contribution is 2.68. The molecule has 0 heterocycles. The molecule has 0 aromatic rings. The van der Waals surface area contributed by atoms with Crippen LogP contribution in [0.1, 0.15) is 84.5 Å². The normalized spacial score (nSPS) is 48.9. The van der Waals surface area contributed by atoms with Crippen molar-refractivity contribution >= 4 is 0 Å². The van der Waals surface area contributed by atoms with E-state index < -0.39 is 18.5 Å². The van der Waals surface area contributed by atoms with Gasteiger partial charge in [0, 0.05) is 6.42 Å². The monoisotopic (exact) mass is 406 g/mol. The molecule has 4 rings (SSSR count). The van der Waals surface area contributed by atoms with Crippen LogP contribution in [0.15, 0.2) is 0 Å². The Balaban J connectivity index is 1.49. The highest BCUT2D eigenvalue weighted by Gasteiger charge is 2.61. The third-order valence-corrected chi connectivity index (χ3v) is 10.1. The number of fused-ring (bicyclic) bond motifs is 5. The topological polar surface area (TPSA) is 0 Å². The van der Waals surface area contributed by atoms with Crippen LogP contribution in [-0.4, -0.2) is 12.6 Å². The maximum absolute atomic E-state index is 13.3. The lowest BCUT2D eigenvalue weighted by Gasteiger charge is -2.61. The van der Waals surface area contributed by atoms with Crippen molar-refractivity contribution in [1.82, 2.24) is 0 Å². The van der Waals surface area contributed by atoms with Crippen LogP contribution in [0.5, 0.6) is 0 Å². The molecule has 162 valence electrons. The molecule has 4 saturated carbocycles. The van der Waals surface area contributed by atoms with Crippen molar-refractivity contribution in [2.45, 2.75) is 97.1 Å². The minimum absolute atomic E-state index is 0.0136. The van der Waals surface area contributed by atoms with Crippen LogP contribution in [0, 0.1) is 46.3 Å². The molecule has 8 atom stereocenters. The number of alkyl halides is 5.